The van der Waals surface area contributed by atoms with Crippen LogP contribution in [0, 0.1) is 10.1 Å². The molecule has 9 heteroatoms. The van der Waals surface area contributed by atoms with Crippen LogP contribution >= 0.6 is 12.2 Å². The number of esters is 1. The molecule has 0 bridgehead atoms. The average molecular weight is 358 g/mol. The number of hydrogen-bond acceptors (Lipinski definition) is 6. The fourth-order valence-electron chi connectivity index (χ4n) is 1.85. The SMILES string of the molecule is COC(=O)c1ccc(NC(=S)NN=Cc2cccc([N+](=O)[O-])c2)cc1. The zero-order chi connectivity index (χ0) is 18.2. The van der Waals surface area contributed by atoms with Crippen molar-refractivity contribution in [3.05, 3.63) is 69.8 Å². The third kappa shape index (κ3) is 5.36. The smallest absolute Gasteiger partial charge is 0.337 e. The average Bonchev–Trinajstić information content (AvgIpc) is 2.62. The Hall–Kier alpha value is -3.33. The largest absolute Gasteiger partial charge is 0.465 e. The Labute approximate surface area is 148 Å². The lowest BCUT2D eigenvalue weighted by Gasteiger charge is -2.07. The first kappa shape index (κ1) is 18.0. The third-order valence-electron chi connectivity index (χ3n) is 3.02. The highest BCUT2D eigenvalue weighted by molar-refractivity contribution is 7.80. The number of carbonyl (C=O) groups is 1. The molecule has 2 aromatic rings. The second-order valence-electron chi connectivity index (χ2n) is 4.75. The fraction of sp³-hybridized carbons (Fsp3) is 0.0625. The molecular weight excluding hydrogens is 344 g/mol. The van der Waals surface area contributed by atoms with Crippen molar-refractivity contribution < 1.29 is 14.5 Å². The molecule has 0 unspecified atom stereocenters. The van der Waals surface area contributed by atoms with Gasteiger partial charge in [0.15, 0.2) is 5.11 Å². The van der Waals surface area contributed by atoms with Crippen molar-refractivity contribution >= 4 is 40.9 Å². The molecule has 0 spiro atoms. The Bertz CT molecular complexity index is 821. The predicted molar refractivity (Wildman–Crippen MR) is 97.8 cm³/mol. The monoisotopic (exact) mass is 358 g/mol. The summed E-state index contributed by atoms with van der Waals surface area (Å²) in [6.45, 7) is 0. The minimum absolute atomic E-state index is 0.0182. The number of methoxy groups -OCH3 is 1. The van der Waals surface area contributed by atoms with Crippen LogP contribution < -0.4 is 10.7 Å². The Balaban J connectivity index is 1.91. The maximum Gasteiger partial charge on any atom is 0.337 e. The highest BCUT2D eigenvalue weighted by Crippen LogP contribution is 2.12. The van der Waals surface area contributed by atoms with Crippen molar-refractivity contribution in [3.63, 3.8) is 0 Å². The van der Waals surface area contributed by atoms with Gasteiger partial charge in [-0.2, -0.15) is 5.10 Å². The third-order valence-corrected chi connectivity index (χ3v) is 3.22. The maximum absolute atomic E-state index is 11.3. The van der Waals surface area contributed by atoms with E-state index < -0.39 is 10.9 Å². The van der Waals surface area contributed by atoms with Gasteiger partial charge < -0.3 is 10.1 Å². The number of nitrogens with zero attached hydrogens (tertiary/aromatic N) is 2. The number of benzene rings is 2. The van der Waals surface area contributed by atoms with E-state index in [1.807, 2.05) is 0 Å². The second-order valence-corrected chi connectivity index (χ2v) is 5.15. The number of non-ortho nitro benzene ring substituents is 1. The lowest BCUT2D eigenvalue weighted by molar-refractivity contribution is -0.384. The van der Waals surface area contributed by atoms with E-state index in [0.717, 1.165) is 0 Å². The topological polar surface area (TPSA) is 106 Å². The molecule has 0 aliphatic rings. The number of nitro groups is 1. The first-order valence-corrected chi connectivity index (χ1v) is 7.43. The second kappa shape index (κ2) is 8.50. The van der Waals surface area contributed by atoms with E-state index in [2.05, 4.69) is 20.6 Å². The highest BCUT2D eigenvalue weighted by atomic mass is 32.1. The van der Waals surface area contributed by atoms with Gasteiger partial charge in [0.2, 0.25) is 0 Å². The van der Waals surface area contributed by atoms with E-state index in [1.165, 1.54) is 25.5 Å². The van der Waals surface area contributed by atoms with E-state index in [9.17, 15) is 14.9 Å². The van der Waals surface area contributed by atoms with Gasteiger partial charge in [0.05, 0.1) is 23.8 Å². The fourth-order valence-corrected chi connectivity index (χ4v) is 2.02. The van der Waals surface area contributed by atoms with Crippen molar-refractivity contribution in [2.45, 2.75) is 0 Å². The van der Waals surface area contributed by atoms with Crippen LogP contribution in [0.4, 0.5) is 11.4 Å². The highest BCUT2D eigenvalue weighted by Gasteiger charge is 2.05. The molecule has 0 amide bonds. The minimum atomic E-state index is -0.477. The van der Waals surface area contributed by atoms with Gasteiger partial charge in [0.25, 0.3) is 5.69 Å². The molecule has 128 valence electrons. The van der Waals surface area contributed by atoms with Crippen LogP contribution in [0.15, 0.2) is 53.6 Å². The summed E-state index contributed by atoms with van der Waals surface area (Å²) in [5, 5.41) is 17.7. The minimum Gasteiger partial charge on any atom is -0.465 e. The molecule has 8 nitrogen and oxygen atoms in total. The molecule has 25 heavy (non-hydrogen) atoms. The Morgan fingerprint density at radius 3 is 2.64 bits per heavy atom. The van der Waals surface area contributed by atoms with Gasteiger partial charge in [-0.05, 0) is 36.5 Å². The molecule has 0 heterocycles. The van der Waals surface area contributed by atoms with E-state index in [-0.39, 0.29) is 10.8 Å². The molecule has 0 fully saturated rings. The van der Waals surface area contributed by atoms with Crippen LogP contribution in [0.1, 0.15) is 15.9 Å². The van der Waals surface area contributed by atoms with Crippen LogP contribution in [0.25, 0.3) is 0 Å². The maximum atomic E-state index is 11.3. The summed E-state index contributed by atoms with van der Waals surface area (Å²) >= 11 is 5.09. The first-order chi connectivity index (χ1) is 12.0. The molecule has 0 atom stereocenters. The molecule has 2 aromatic carbocycles. The number of nitrogens with one attached hydrogen (secondary N) is 2. The van der Waals surface area contributed by atoms with Gasteiger partial charge in [0, 0.05) is 23.4 Å². The normalized spacial score (nSPS) is 10.3. The van der Waals surface area contributed by atoms with Gasteiger partial charge in [-0.1, -0.05) is 12.1 Å². The number of hydrazone groups is 1. The number of rotatable bonds is 5. The summed E-state index contributed by atoms with van der Waals surface area (Å²) in [5.41, 5.74) is 4.24. The lowest BCUT2D eigenvalue weighted by Crippen LogP contribution is -2.23. The van der Waals surface area contributed by atoms with Crippen molar-refractivity contribution in [2.24, 2.45) is 5.10 Å². The van der Waals surface area contributed by atoms with E-state index in [1.54, 1.807) is 36.4 Å². The Morgan fingerprint density at radius 2 is 2.00 bits per heavy atom. The van der Waals surface area contributed by atoms with Gasteiger partial charge in [-0.3, -0.25) is 15.5 Å². The van der Waals surface area contributed by atoms with E-state index in [0.29, 0.717) is 16.8 Å². The van der Waals surface area contributed by atoms with Gasteiger partial charge >= 0.3 is 5.97 Å². The molecule has 0 saturated heterocycles. The van der Waals surface area contributed by atoms with Gasteiger partial charge in [-0.25, -0.2) is 4.79 Å². The number of thiocarbonyl (C=S) groups is 1. The molecule has 0 aliphatic carbocycles. The Morgan fingerprint density at radius 1 is 1.28 bits per heavy atom. The van der Waals surface area contributed by atoms with E-state index in [4.69, 9.17) is 12.2 Å². The number of hydrogen-bond donors (Lipinski definition) is 2. The summed E-state index contributed by atoms with van der Waals surface area (Å²) < 4.78 is 4.62. The van der Waals surface area contributed by atoms with Gasteiger partial charge in [-0.15, -0.1) is 0 Å². The van der Waals surface area contributed by atoms with Crippen molar-refractivity contribution in [2.75, 3.05) is 12.4 Å². The van der Waals surface area contributed by atoms with Crippen molar-refractivity contribution in [1.82, 2.24) is 5.43 Å². The zero-order valence-corrected chi connectivity index (χ0v) is 13.9. The molecule has 0 saturated carbocycles. The molecule has 2 N–H and O–H groups in total. The predicted octanol–water partition coefficient (Wildman–Crippen LogP) is 2.70. The molecule has 0 aliphatic heterocycles. The standard InChI is InChI=1S/C16H14N4O4S/c1-24-15(21)12-5-7-13(8-6-12)18-16(25)19-17-10-11-3-2-4-14(9-11)20(22)23/h2-10H,1H3,(H2,18,19,25). The molecular formula is C16H14N4O4S. The number of ether oxygens (including phenoxy) is 1. The van der Waals surface area contributed by atoms with Crippen LogP contribution in [0.2, 0.25) is 0 Å². The van der Waals surface area contributed by atoms with E-state index >= 15 is 0 Å². The lowest BCUT2D eigenvalue weighted by atomic mass is 10.2. The summed E-state index contributed by atoms with van der Waals surface area (Å²) in [6, 6.07) is 12.6. The zero-order valence-electron chi connectivity index (χ0n) is 13.1. The van der Waals surface area contributed by atoms with Crippen molar-refractivity contribution in [3.8, 4) is 0 Å². The summed E-state index contributed by atoms with van der Waals surface area (Å²) in [5.74, 6) is -0.422. The van der Waals surface area contributed by atoms with Crippen LogP contribution in [-0.4, -0.2) is 29.3 Å². The number of carbonyl (C=O) groups excluding carboxylic acids is 1. The number of anilines is 1. The van der Waals surface area contributed by atoms with Crippen LogP contribution in [-0.2, 0) is 4.74 Å². The van der Waals surface area contributed by atoms with Crippen LogP contribution in [0.5, 0.6) is 0 Å². The molecule has 2 rings (SSSR count). The van der Waals surface area contributed by atoms with Gasteiger partial charge in [0.1, 0.15) is 0 Å². The van der Waals surface area contributed by atoms with Crippen LogP contribution in [0.3, 0.4) is 0 Å². The summed E-state index contributed by atoms with van der Waals surface area (Å²) in [4.78, 5) is 21.6. The van der Waals surface area contributed by atoms with Crippen molar-refractivity contribution in [1.29, 1.82) is 0 Å². The molecule has 0 aromatic heterocycles. The number of nitro benzene ring substituents is 1. The first-order valence-electron chi connectivity index (χ1n) is 7.02. The summed E-state index contributed by atoms with van der Waals surface area (Å²) in [7, 11) is 1.31. The Kier molecular flexibility index (Phi) is 6.13. The quantitative estimate of drug-likeness (QED) is 0.278. The molecule has 0 radical (unpaired) electrons. The summed E-state index contributed by atoms with van der Waals surface area (Å²) in [6.07, 6.45) is 1.42.